The second-order valence-electron chi connectivity index (χ2n) is 7.69. The Morgan fingerprint density at radius 2 is 2.26 bits per heavy atom. The van der Waals surface area contributed by atoms with E-state index in [1.807, 2.05) is 10.6 Å². The molecular weight excluding hydrogens is 434 g/mol. The summed E-state index contributed by atoms with van der Waals surface area (Å²) in [5.41, 5.74) is 7.12. The second kappa shape index (κ2) is 9.27. The number of amides is 2. The van der Waals surface area contributed by atoms with E-state index in [2.05, 4.69) is 29.4 Å². The minimum Gasteiger partial charge on any atom is -0.461 e. The fraction of sp³-hybridized carbons (Fsp3) is 0.429. The SMILES string of the molecule is CCCn1c(SCC(=O)Nc2sc3c(c2C(N)=O)CCC(C)C3)nnc1-c1ccco1. The number of fused-ring (bicyclic) bond motifs is 1. The van der Waals surface area contributed by atoms with E-state index in [4.69, 9.17) is 10.2 Å². The standard InChI is InChI=1S/C21H25N5O3S2/c1-3-8-26-19(14-5-4-9-29-14)24-25-21(26)30-11-16(27)23-20-17(18(22)28)13-7-6-12(2)10-15(13)31-20/h4-5,9,12H,3,6-8,10-11H2,1-2H3,(H2,22,28)(H,23,27). The lowest BCUT2D eigenvalue weighted by Gasteiger charge is -2.18. The van der Waals surface area contributed by atoms with Crippen LogP contribution >= 0.6 is 23.1 Å². The molecule has 2 amide bonds. The Morgan fingerprint density at radius 1 is 1.42 bits per heavy atom. The van der Waals surface area contributed by atoms with Gasteiger partial charge in [-0.25, -0.2) is 0 Å². The van der Waals surface area contributed by atoms with Gasteiger partial charge >= 0.3 is 0 Å². The number of primary amides is 1. The van der Waals surface area contributed by atoms with Crippen molar-refractivity contribution in [3.05, 3.63) is 34.4 Å². The van der Waals surface area contributed by atoms with Gasteiger partial charge in [0.15, 0.2) is 16.7 Å². The number of hydrogen-bond donors (Lipinski definition) is 2. The van der Waals surface area contributed by atoms with Gasteiger partial charge in [-0.2, -0.15) is 0 Å². The molecule has 4 rings (SSSR count). The molecule has 3 N–H and O–H groups in total. The van der Waals surface area contributed by atoms with Gasteiger partial charge < -0.3 is 15.5 Å². The third-order valence-corrected chi connectivity index (χ3v) is 7.39. The fourth-order valence-electron chi connectivity index (χ4n) is 3.80. The van der Waals surface area contributed by atoms with Crippen LogP contribution in [-0.2, 0) is 24.2 Å². The first-order chi connectivity index (χ1) is 15.0. The molecule has 0 radical (unpaired) electrons. The number of nitrogens with two attached hydrogens (primary N) is 1. The van der Waals surface area contributed by atoms with Crippen LogP contribution in [0.3, 0.4) is 0 Å². The number of carbonyl (C=O) groups excluding carboxylic acids is 2. The maximum atomic E-state index is 12.7. The summed E-state index contributed by atoms with van der Waals surface area (Å²) in [6.45, 7) is 4.98. The third kappa shape index (κ3) is 4.54. The smallest absolute Gasteiger partial charge is 0.251 e. The molecule has 1 aliphatic carbocycles. The number of hydrogen-bond acceptors (Lipinski definition) is 7. The predicted molar refractivity (Wildman–Crippen MR) is 121 cm³/mol. The molecule has 1 atom stereocenters. The average Bonchev–Trinajstić information content (AvgIpc) is 3.44. The minimum absolute atomic E-state index is 0.150. The van der Waals surface area contributed by atoms with Crippen LogP contribution in [-0.4, -0.2) is 32.3 Å². The van der Waals surface area contributed by atoms with Crippen molar-refractivity contribution in [3.8, 4) is 11.6 Å². The van der Waals surface area contributed by atoms with Crippen LogP contribution in [0.1, 0.15) is 47.5 Å². The maximum Gasteiger partial charge on any atom is 0.251 e. The number of rotatable bonds is 8. The van der Waals surface area contributed by atoms with Crippen LogP contribution in [0.4, 0.5) is 5.00 Å². The summed E-state index contributed by atoms with van der Waals surface area (Å²) < 4.78 is 7.41. The minimum atomic E-state index is -0.485. The number of thiophene rings is 1. The third-order valence-electron chi connectivity index (χ3n) is 5.25. The van der Waals surface area contributed by atoms with E-state index in [0.717, 1.165) is 36.1 Å². The Hall–Kier alpha value is -2.59. The Balaban J connectivity index is 1.48. The van der Waals surface area contributed by atoms with Crippen LogP contribution < -0.4 is 11.1 Å². The van der Waals surface area contributed by atoms with Gasteiger partial charge in [0.05, 0.1) is 17.6 Å². The molecule has 0 saturated heterocycles. The Kier molecular flexibility index (Phi) is 6.47. The lowest BCUT2D eigenvalue weighted by atomic mass is 9.88. The Morgan fingerprint density at radius 3 is 2.97 bits per heavy atom. The van der Waals surface area contributed by atoms with Gasteiger partial charge in [0.25, 0.3) is 5.91 Å². The number of carbonyl (C=O) groups is 2. The van der Waals surface area contributed by atoms with Crippen molar-refractivity contribution in [1.82, 2.24) is 14.8 Å². The number of anilines is 1. The molecular formula is C21H25N5O3S2. The lowest BCUT2D eigenvalue weighted by molar-refractivity contribution is -0.113. The first-order valence-electron chi connectivity index (χ1n) is 10.3. The largest absolute Gasteiger partial charge is 0.461 e. The van der Waals surface area contributed by atoms with Gasteiger partial charge in [0.1, 0.15) is 5.00 Å². The van der Waals surface area contributed by atoms with Crippen molar-refractivity contribution < 1.29 is 14.0 Å². The highest BCUT2D eigenvalue weighted by molar-refractivity contribution is 7.99. The zero-order chi connectivity index (χ0) is 22.0. The molecule has 3 aromatic heterocycles. The van der Waals surface area contributed by atoms with E-state index < -0.39 is 5.91 Å². The lowest BCUT2D eigenvalue weighted by Crippen LogP contribution is -2.20. The molecule has 0 aromatic carbocycles. The second-order valence-corrected chi connectivity index (χ2v) is 9.74. The maximum absolute atomic E-state index is 12.7. The molecule has 10 heteroatoms. The molecule has 0 bridgehead atoms. The molecule has 0 aliphatic heterocycles. The summed E-state index contributed by atoms with van der Waals surface area (Å²) in [6, 6.07) is 3.64. The predicted octanol–water partition coefficient (Wildman–Crippen LogP) is 3.96. The van der Waals surface area contributed by atoms with E-state index in [1.165, 1.54) is 23.1 Å². The average molecular weight is 460 g/mol. The molecule has 0 saturated carbocycles. The van der Waals surface area contributed by atoms with Crippen LogP contribution in [0.15, 0.2) is 28.0 Å². The van der Waals surface area contributed by atoms with Crippen LogP contribution in [0.2, 0.25) is 0 Å². The Labute approximate surface area is 188 Å². The number of thioether (sulfide) groups is 1. The molecule has 8 nitrogen and oxygen atoms in total. The summed E-state index contributed by atoms with van der Waals surface area (Å²) in [4.78, 5) is 25.9. The van der Waals surface area contributed by atoms with Gasteiger partial charge in [0.2, 0.25) is 5.91 Å². The van der Waals surface area contributed by atoms with Gasteiger partial charge in [-0.15, -0.1) is 21.5 Å². The molecule has 1 unspecified atom stereocenters. The number of aromatic nitrogens is 3. The van der Waals surface area contributed by atoms with Gasteiger partial charge in [-0.1, -0.05) is 25.6 Å². The topological polar surface area (TPSA) is 116 Å². The van der Waals surface area contributed by atoms with E-state index in [-0.39, 0.29) is 11.7 Å². The van der Waals surface area contributed by atoms with E-state index >= 15 is 0 Å². The Bertz CT molecular complexity index is 1090. The van der Waals surface area contributed by atoms with Gasteiger partial charge in [-0.05, 0) is 49.3 Å². The molecule has 164 valence electrons. The molecule has 0 fully saturated rings. The summed E-state index contributed by atoms with van der Waals surface area (Å²) in [6.07, 6.45) is 5.26. The first-order valence-corrected chi connectivity index (χ1v) is 12.1. The van der Waals surface area contributed by atoms with Crippen LogP contribution in [0.25, 0.3) is 11.6 Å². The summed E-state index contributed by atoms with van der Waals surface area (Å²) in [7, 11) is 0. The van der Waals surface area contributed by atoms with Crippen molar-refractivity contribution in [1.29, 1.82) is 0 Å². The van der Waals surface area contributed by atoms with Crippen LogP contribution in [0.5, 0.6) is 0 Å². The van der Waals surface area contributed by atoms with Crippen LogP contribution in [0, 0.1) is 5.92 Å². The van der Waals surface area contributed by atoms with E-state index in [9.17, 15) is 9.59 Å². The molecule has 31 heavy (non-hydrogen) atoms. The molecule has 1 aliphatic rings. The number of nitrogens with zero attached hydrogens (tertiary/aromatic N) is 3. The highest BCUT2D eigenvalue weighted by Crippen LogP contribution is 2.39. The van der Waals surface area contributed by atoms with E-state index in [0.29, 0.717) is 39.8 Å². The highest BCUT2D eigenvalue weighted by atomic mass is 32.2. The zero-order valence-electron chi connectivity index (χ0n) is 17.5. The highest BCUT2D eigenvalue weighted by Gasteiger charge is 2.27. The first kappa shape index (κ1) is 21.6. The molecule has 0 spiro atoms. The number of nitrogens with one attached hydrogen (secondary N) is 1. The molecule has 3 aromatic rings. The van der Waals surface area contributed by atoms with E-state index in [1.54, 1.807) is 12.3 Å². The van der Waals surface area contributed by atoms with Crippen molar-refractivity contribution in [2.75, 3.05) is 11.1 Å². The van der Waals surface area contributed by atoms with Crippen molar-refractivity contribution in [2.24, 2.45) is 11.7 Å². The number of furan rings is 1. The quantitative estimate of drug-likeness (QED) is 0.493. The summed E-state index contributed by atoms with van der Waals surface area (Å²) >= 11 is 2.78. The molecule has 3 heterocycles. The van der Waals surface area contributed by atoms with Crippen molar-refractivity contribution in [3.63, 3.8) is 0 Å². The summed E-state index contributed by atoms with van der Waals surface area (Å²) in [5, 5.41) is 12.6. The normalized spacial score (nSPS) is 15.6. The van der Waals surface area contributed by atoms with Crippen molar-refractivity contribution in [2.45, 2.75) is 51.2 Å². The van der Waals surface area contributed by atoms with Gasteiger partial charge in [-0.3, -0.25) is 14.2 Å². The summed E-state index contributed by atoms with van der Waals surface area (Å²) in [5.74, 6) is 1.31. The fourth-order valence-corrected chi connectivity index (χ4v) is 6.00. The van der Waals surface area contributed by atoms with Gasteiger partial charge in [0, 0.05) is 11.4 Å². The van der Waals surface area contributed by atoms with Crippen molar-refractivity contribution >= 4 is 39.9 Å². The monoisotopic (exact) mass is 459 g/mol. The zero-order valence-corrected chi connectivity index (χ0v) is 19.1.